The van der Waals surface area contributed by atoms with Crippen LogP contribution in [0.4, 0.5) is 8.78 Å². The van der Waals surface area contributed by atoms with Crippen LogP contribution in [-0.4, -0.2) is 25.9 Å². The highest BCUT2D eigenvalue weighted by atomic mass is 19.1. The van der Waals surface area contributed by atoms with Gasteiger partial charge in [-0.15, -0.1) is 5.10 Å². The summed E-state index contributed by atoms with van der Waals surface area (Å²) < 4.78 is 28.5. The summed E-state index contributed by atoms with van der Waals surface area (Å²) in [4.78, 5) is 17.0. The van der Waals surface area contributed by atoms with Crippen LogP contribution >= 0.6 is 0 Å². The van der Waals surface area contributed by atoms with Gasteiger partial charge in [-0.1, -0.05) is 29.0 Å². The second-order valence-electron chi connectivity index (χ2n) is 6.69. The Balaban J connectivity index is 1.69. The van der Waals surface area contributed by atoms with Gasteiger partial charge in [0.1, 0.15) is 17.3 Å². The van der Waals surface area contributed by atoms with Crippen molar-refractivity contribution in [3.63, 3.8) is 0 Å². The van der Waals surface area contributed by atoms with Crippen LogP contribution in [0, 0.1) is 18.6 Å². The van der Waals surface area contributed by atoms with Crippen LogP contribution in [0.2, 0.25) is 0 Å². The van der Waals surface area contributed by atoms with Gasteiger partial charge in [0, 0.05) is 36.1 Å². The maximum Gasteiger partial charge on any atom is 0.274 e. The first-order valence-corrected chi connectivity index (χ1v) is 9.18. The van der Waals surface area contributed by atoms with Crippen LogP contribution in [0.5, 0.6) is 0 Å². The van der Waals surface area contributed by atoms with Crippen LogP contribution < -0.4 is 5.32 Å². The SMILES string of the molecule is Cc1ccc(-n2nnc(C(=O)NCc3ccc(F)cc3F)c2-c2cccnc2)cc1. The number of aryl methyl sites for hydroxylation is 1. The normalized spacial score (nSPS) is 10.8. The molecule has 6 nitrogen and oxygen atoms in total. The first-order chi connectivity index (χ1) is 14.5. The molecule has 0 aliphatic rings. The minimum Gasteiger partial charge on any atom is -0.346 e. The summed E-state index contributed by atoms with van der Waals surface area (Å²) in [5.41, 5.74) is 3.17. The van der Waals surface area contributed by atoms with Crippen LogP contribution in [0.25, 0.3) is 16.9 Å². The number of hydrogen-bond donors (Lipinski definition) is 1. The van der Waals surface area contributed by atoms with Gasteiger partial charge in [0.2, 0.25) is 0 Å². The zero-order valence-corrected chi connectivity index (χ0v) is 16.0. The molecule has 0 unspecified atom stereocenters. The van der Waals surface area contributed by atoms with E-state index in [0.29, 0.717) is 11.3 Å². The number of nitrogens with zero attached hydrogens (tertiary/aromatic N) is 4. The van der Waals surface area contributed by atoms with Gasteiger partial charge in [0.15, 0.2) is 5.69 Å². The number of carbonyl (C=O) groups excluding carboxylic acids is 1. The molecule has 4 rings (SSSR count). The summed E-state index contributed by atoms with van der Waals surface area (Å²) in [6.45, 7) is 1.86. The predicted octanol–water partition coefficient (Wildman–Crippen LogP) is 3.85. The number of benzene rings is 2. The summed E-state index contributed by atoms with van der Waals surface area (Å²) in [5.74, 6) is -1.94. The van der Waals surface area contributed by atoms with Crippen molar-refractivity contribution in [1.82, 2.24) is 25.3 Å². The monoisotopic (exact) mass is 405 g/mol. The van der Waals surface area contributed by atoms with Crippen LogP contribution in [0.15, 0.2) is 67.0 Å². The van der Waals surface area contributed by atoms with E-state index in [2.05, 4.69) is 20.6 Å². The molecule has 4 aromatic rings. The van der Waals surface area contributed by atoms with Gasteiger partial charge in [0.05, 0.1) is 5.69 Å². The van der Waals surface area contributed by atoms with E-state index >= 15 is 0 Å². The molecule has 1 N–H and O–H groups in total. The number of hydrogen-bond acceptors (Lipinski definition) is 4. The molecule has 2 aromatic heterocycles. The second-order valence-corrected chi connectivity index (χ2v) is 6.69. The smallest absolute Gasteiger partial charge is 0.274 e. The second kappa shape index (κ2) is 8.20. The lowest BCUT2D eigenvalue weighted by Gasteiger charge is -2.09. The van der Waals surface area contributed by atoms with Crippen molar-refractivity contribution in [2.45, 2.75) is 13.5 Å². The van der Waals surface area contributed by atoms with Crippen LogP contribution in [-0.2, 0) is 6.54 Å². The zero-order chi connectivity index (χ0) is 21.1. The Labute approximate surface area is 171 Å². The fourth-order valence-electron chi connectivity index (χ4n) is 2.99. The molecule has 2 aromatic carbocycles. The van der Waals surface area contributed by atoms with Crippen molar-refractivity contribution >= 4 is 5.91 Å². The third kappa shape index (κ3) is 3.93. The van der Waals surface area contributed by atoms with Crippen LogP contribution in [0.1, 0.15) is 21.6 Å². The van der Waals surface area contributed by atoms with Gasteiger partial charge in [0.25, 0.3) is 5.91 Å². The fourth-order valence-corrected chi connectivity index (χ4v) is 2.99. The zero-order valence-electron chi connectivity index (χ0n) is 16.0. The molecule has 1 amide bonds. The maximum absolute atomic E-state index is 13.9. The lowest BCUT2D eigenvalue weighted by molar-refractivity contribution is 0.0946. The number of rotatable bonds is 5. The quantitative estimate of drug-likeness (QED) is 0.548. The number of aromatic nitrogens is 4. The molecule has 0 spiro atoms. The Bertz CT molecular complexity index is 1190. The third-order valence-electron chi connectivity index (χ3n) is 4.55. The minimum atomic E-state index is -0.730. The van der Waals surface area contributed by atoms with E-state index < -0.39 is 17.5 Å². The summed E-state index contributed by atoms with van der Waals surface area (Å²) in [6.07, 6.45) is 3.24. The Kier molecular flexibility index (Phi) is 5.30. The van der Waals surface area contributed by atoms with Gasteiger partial charge in [-0.3, -0.25) is 9.78 Å². The highest BCUT2D eigenvalue weighted by Gasteiger charge is 2.22. The van der Waals surface area contributed by atoms with E-state index in [1.165, 1.54) is 6.07 Å². The molecule has 150 valence electrons. The van der Waals surface area contributed by atoms with Crippen molar-refractivity contribution in [3.8, 4) is 16.9 Å². The molecule has 0 bridgehead atoms. The van der Waals surface area contributed by atoms with E-state index in [0.717, 1.165) is 23.4 Å². The van der Waals surface area contributed by atoms with Crippen molar-refractivity contribution in [3.05, 3.63) is 95.4 Å². The third-order valence-corrected chi connectivity index (χ3v) is 4.55. The molecule has 0 fully saturated rings. The average molecular weight is 405 g/mol. The Morgan fingerprint density at radius 3 is 2.60 bits per heavy atom. The maximum atomic E-state index is 13.9. The molecule has 0 atom stereocenters. The molecule has 0 saturated carbocycles. The van der Waals surface area contributed by atoms with Crippen molar-refractivity contribution in [2.75, 3.05) is 0 Å². The van der Waals surface area contributed by atoms with Gasteiger partial charge in [-0.05, 0) is 37.3 Å². The van der Waals surface area contributed by atoms with E-state index in [1.54, 1.807) is 29.2 Å². The van der Waals surface area contributed by atoms with Gasteiger partial charge < -0.3 is 5.32 Å². The largest absolute Gasteiger partial charge is 0.346 e. The van der Waals surface area contributed by atoms with E-state index in [-0.39, 0.29) is 17.8 Å². The summed E-state index contributed by atoms with van der Waals surface area (Å²) in [5, 5.41) is 10.8. The number of pyridine rings is 1. The topological polar surface area (TPSA) is 72.7 Å². The van der Waals surface area contributed by atoms with Gasteiger partial charge >= 0.3 is 0 Å². The predicted molar refractivity (Wildman–Crippen MR) is 107 cm³/mol. The number of halogens is 2. The van der Waals surface area contributed by atoms with E-state index in [4.69, 9.17) is 0 Å². The summed E-state index contributed by atoms with van der Waals surface area (Å²) in [6, 6.07) is 14.4. The molecule has 8 heteroatoms. The molecule has 2 heterocycles. The van der Waals surface area contributed by atoms with Crippen molar-refractivity contribution in [2.24, 2.45) is 0 Å². The first kappa shape index (κ1) is 19.4. The van der Waals surface area contributed by atoms with E-state index in [1.807, 2.05) is 31.2 Å². The minimum absolute atomic E-state index is 0.0751. The fraction of sp³-hybridized carbons (Fsp3) is 0.0909. The molecule has 0 saturated heterocycles. The molecular weight excluding hydrogens is 388 g/mol. The Morgan fingerprint density at radius 2 is 1.90 bits per heavy atom. The highest BCUT2D eigenvalue weighted by molar-refractivity contribution is 5.98. The summed E-state index contributed by atoms with van der Waals surface area (Å²) >= 11 is 0. The number of carbonyl (C=O) groups is 1. The van der Waals surface area contributed by atoms with Crippen LogP contribution in [0.3, 0.4) is 0 Å². The number of nitrogens with one attached hydrogen (secondary N) is 1. The lowest BCUT2D eigenvalue weighted by Crippen LogP contribution is -2.24. The molecule has 0 aliphatic heterocycles. The Morgan fingerprint density at radius 1 is 1.10 bits per heavy atom. The molecule has 30 heavy (non-hydrogen) atoms. The average Bonchev–Trinajstić information content (AvgIpc) is 3.19. The van der Waals surface area contributed by atoms with Gasteiger partial charge in [-0.2, -0.15) is 0 Å². The Hall–Kier alpha value is -3.94. The van der Waals surface area contributed by atoms with E-state index in [9.17, 15) is 13.6 Å². The van der Waals surface area contributed by atoms with Gasteiger partial charge in [-0.25, -0.2) is 13.5 Å². The standard InChI is InChI=1S/C22H17F2N5O/c1-14-4-8-18(9-5-14)29-21(16-3-2-10-25-12-16)20(27-28-29)22(30)26-13-15-6-7-17(23)11-19(15)24/h2-12H,13H2,1H3,(H,26,30). The molecular formula is C22H17F2N5O. The van der Waals surface area contributed by atoms with Crippen molar-refractivity contribution in [1.29, 1.82) is 0 Å². The first-order valence-electron chi connectivity index (χ1n) is 9.18. The number of amides is 1. The highest BCUT2D eigenvalue weighted by Crippen LogP contribution is 2.25. The lowest BCUT2D eigenvalue weighted by atomic mass is 10.1. The molecule has 0 radical (unpaired) electrons. The van der Waals surface area contributed by atoms with Crippen molar-refractivity contribution < 1.29 is 13.6 Å². The summed E-state index contributed by atoms with van der Waals surface area (Å²) in [7, 11) is 0. The molecule has 0 aliphatic carbocycles.